The Morgan fingerprint density at radius 3 is 1.01 bits per heavy atom. The summed E-state index contributed by atoms with van der Waals surface area (Å²) in [6.45, 7) is 27.4. The van der Waals surface area contributed by atoms with E-state index in [9.17, 15) is 0 Å². The van der Waals surface area contributed by atoms with Crippen molar-refractivity contribution in [2.45, 2.75) is 123 Å². The lowest BCUT2D eigenvalue weighted by Gasteiger charge is -2.10. The van der Waals surface area contributed by atoms with Crippen molar-refractivity contribution in [2.75, 3.05) is 0 Å². The Morgan fingerprint density at radius 1 is 0.271 bits per heavy atom. The monoisotopic (exact) mass is 1560 g/mol. The predicted octanol–water partition coefficient (Wildman–Crippen LogP) is 23.1. The molecule has 0 aliphatic rings. The maximum Gasteiger partial charge on any atom is 0.227 e. The van der Waals surface area contributed by atoms with Crippen molar-refractivity contribution >= 4 is 110 Å². The molecule has 588 valence electrons. The van der Waals surface area contributed by atoms with Crippen LogP contribution in [0.3, 0.4) is 0 Å². The van der Waals surface area contributed by atoms with Gasteiger partial charge in [0.1, 0.15) is 35.2 Å². The van der Waals surface area contributed by atoms with E-state index in [4.69, 9.17) is 30.3 Å². The molecule has 0 N–H and O–H groups in total. The van der Waals surface area contributed by atoms with Crippen molar-refractivity contribution in [3.63, 3.8) is 0 Å². The van der Waals surface area contributed by atoms with Crippen LogP contribution in [0.15, 0.2) is 230 Å². The van der Waals surface area contributed by atoms with Crippen LogP contribution in [0, 0.1) is 104 Å². The van der Waals surface area contributed by atoms with Gasteiger partial charge in [-0.05, 0) is 249 Å². The van der Waals surface area contributed by atoms with Crippen LogP contribution >= 0.6 is 0 Å². The quantitative estimate of drug-likeness (QED) is 0.147. The van der Waals surface area contributed by atoms with Crippen molar-refractivity contribution < 1.29 is 53.1 Å². The highest BCUT2D eigenvalue weighted by atomic mass is 16.4. The normalized spacial score (nSPS) is 12.5. The third-order valence-electron chi connectivity index (χ3n) is 23.1. The van der Waals surface area contributed by atoms with E-state index < -0.39 is 13.7 Å². The molecule has 20 aromatic rings. The van der Waals surface area contributed by atoms with Crippen LogP contribution in [-0.2, 0) is 35.2 Å². The van der Waals surface area contributed by atoms with Crippen molar-refractivity contribution in [3.05, 3.63) is 297 Å². The lowest BCUT2D eigenvalue weighted by molar-refractivity contribution is -0.660. The van der Waals surface area contributed by atoms with Gasteiger partial charge in [0, 0.05) is 152 Å². The highest BCUT2D eigenvalue weighted by Crippen LogP contribution is 2.44. The fraction of sp³-hybridized carbons (Fsp3) is 0.223. The molecule has 0 spiro atoms. The Bertz CT molecular complexity index is 7690. The molecule has 5 aromatic carbocycles. The second-order valence-electron chi connectivity index (χ2n) is 32.0. The first-order chi connectivity index (χ1) is 59.0. The zero-order valence-electron chi connectivity index (χ0n) is 76.7. The molecule has 15 nitrogen and oxygen atoms in total. The maximum absolute atomic E-state index is 8.01. The Labute approximate surface area is 696 Å². The second kappa shape index (κ2) is 31.3. The Morgan fingerprint density at radius 2 is 0.610 bits per heavy atom. The molecule has 15 heteroatoms. The summed E-state index contributed by atoms with van der Waals surface area (Å²) >= 11 is 0. The molecule has 0 radical (unpaired) electrons. The highest BCUT2D eigenvalue weighted by molar-refractivity contribution is 6.14. The number of pyridine rings is 10. The Balaban J connectivity index is 0.000000115. The van der Waals surface area contributed by atoms with Gasteiger partial charge in [0.25, 0.3) is 0 Å². The van der Waals surface area contributed by atoms with Crippen LogP contribution in [0.4, 0.5) is 0 Å². The summed E-state index contributed by atoms with van der Waals surface area (Å²) in [5, 5.41) is 10.1. The van der Waals surface area contributed by atoms with Crippen molar-refractivity contribution in [1.82, 2.24) is 24.9 Å². The lowest BCUT2D eigenvalue weighted by atomic mass is 9.95. The van der Waals surface area contributed by atoms with E-state index in [0.29, 0.717) is 56.6 Å². The molecule has 0 atom stereocenters. The fourth-order valence-corrected chi connectivity index (χ4v) is 17.1. The number of furan rings is 5. The van der Waals surface area contributed by atoms with Gasteiger partial charge < -0.3 is 22.1 Å². The van der Waals surface area contributed by atoms with Gasteiger partial charge in [-0.3, -0.25) is 0 Å². The summed E-state index contributed by atoms with van der Waals surface area (Å²) in [7, 11) is 10.1. The summed E-state index contributed by atoms with van der Waals surface area (Å²) < 4.78 is 87.9. The molecule has 0 saturated carbocycles. The van der Waals surface area contributed by atoms with Gasteiger partial charge in [-0.1, -0.05) is 50.2 Å². The number of rotatable bonds is 6. The second-order valence-corrected chi connectivity index (χ2v) is 32.0. The molecule has 20 rings (SSSR count). The SMILES string of the molecule is Cc1cc(-c2c(C)cc(C)c3c2oc2ncccc23)[n+](C)cc1C.Cc1cc(C)c2c(oc3ncccc32)c1-c1cc(C(C)C)cc[n+]1C.Cc1ccc(-c2c(C)cc(C)c3c2oc2ncccc23)[n+](C)c1.[2H]C([2H])([2H])c1cc(C)c(-c2cc(C)c(C)c[n+]2C)c2oc3ncccc3c12.[2H]C([2H])([2H])c1ccc(-c2c(C)ccc3c2oc2ncccc23)[n+](C)c1. The number of benzene rings is 5. The average Bonchev–Trinajstić information content (AvgIpc) is 1.58. The van der Waals surface area contributed by atoms with Crippen LogP contribution < -0.4 is 22.8 Å². The first-order valence-corrected chi connectivity index (χ1v) is 39.9. The van der Waals surface area contributed by atoms with E-state index >= 15 is 0 Å². The van der Waals surface area contributed by atoms with Gasteiger partial charge in [-0.15, -0.1) is 0 Å². The number of hydrogen-bond acceptors (Lipinski definition) is 10. The van der Waals surface area contributed by atoms with Crippen LogP contribution in [-0.4, -0.2) is 24.9 Å². The maximum atomic E-state index is 8.01. The van der Waals surface area contributed by atoms with E-state index in [1.807, 2.05) is 81.0 Å². The fourth-order valence-electron chi connectivity index (χ4n) is 17.1. The standard InChI is InChI=1S/C22H23N2O.2C21H21N2O.C20H19N2O.C19H17N2O/c1-13(2)16-8-10-24(5)18(12-16)20-15(4)11-14(3)19-17-7-6-9-23-22(17)25-21(19)20;2*1-12-10-17(23(5)11-15(12)4)19-14(3)9-13(2)18-16-7-6-8-22-21(16)24-20(18)19;1-12-7-8-16(22(4)11-12)18-14(3)10-13(2)17-15-6-5-9-21-20(15)23-19(17)18;1-12-6-9-16(21(3)11-12)17-13(2)7-8-14-15-5-4-10-20-19(15)22-18(14)17/h6-13H,1-5H3;2*6-11H,1-5H3;5-11H,1-4H3;4-11H,1-3H3/q5*+1/i;2D3;;;1D3. The number of aromatic nitrogens is 10. The molecule has 0 aliphatic heterocycles. The number of hydrogen-bond donors (Lipinski definition) is 0. The minimum absolute atomic E-state index is 0.303. The predicted molar refractivity (Wildman–Crippen MR) is 476 cm³/mol. The van der Waals surface area contributed by atoms with E-state index in [1.54, 1.807) is 55.4 Å². The number of nitrogens with zero attached hydrogens (tertiary/aromatic N) is 10. The first-order valence-electron chi connectivity index (χ1n) is 42.9. The average molecular weight is 1570 g/mol. The number of aryl methyl sites for hydroxylation is 20. The molecule has 118 heavy (non-hydrogen) atoms. The minimum Gasteiger partial charge on any atom is -0.437 e. The summed E-state index contributed by atoms with van der Waals surface area (Å²) in [6, 6.07) is 48.9. The number of fused-ring (bicyclic) bond motifs is 15. The smallest absolute Gasteiger partial charge is 0.227 e. The zero-order valence-corrected chi connectivity index (χ0v) is 70.7. The third kappa shape index (κ3) is 14.1. The third-order valence-corrected chi connectivity index (χ3v) is 23.1. The van der Waals surface area contributed by atoms with E-state index in [-0.39, 0.29) is 0 Å². The van der Waals surface area contributed by atoms with Crippen LogP contribution in [0.1, 0.15) is 117 Å². The van der Waals surface area contributed by atoms with Gasteiger partial charge in [-0.25, -0.2) is 47.8 Å². The topological polar surface area (TPSA) is 150 Å². The molecule has 15 heterocycles. The zero-order chi connectivity index (χ0) is 88.1. The molecule has 0 fully saturated rings. The van der Waals surface area contributed by atoms with Gasteiger partial charge in [-0.2, -0.15) is 0 Å². The van der Waals surface area contributed by atoms with Crippen molar-refractivity contribution in [3.8, 4) is 56.3 Å². The lowest BCUT2D eigenvalue weighted by Crippen LogP contribution is -2.31. The summed E-state index contributed by atoms with van der Waals surface area (Å²) in [5.41, 5.74) is 35.4. The summed E-state index contributed by atoms with van der Waals surface area (Å²) in [5.74, 6) is 0.485. The molecule has 0 unspecified atom stereocenters. The van der Waals surface area contributed by atoms with E-state index in [2.05, 4.69) is 258 Å². The molecule has 0 aliphatic carbocycles. The molecule has 0 saturated heterocycles. The summed E-state index contributed by atoms with van der Waals surface area (Å²) in [4.78, 5) is 21.8. The first kappa shape index (κ1) is 71.2. The van der Waals surface area contributed by atoms with Crippen LogP contribution in [0.5, 0.6) is 0 Å². The molecule has 15 aromatic heterocycles. The van der Waals surface area contributed by atoms with Gasteiger partial charge in [0.05, 0.1) is 27.8 Å². The minimum atomic E-state index is -2.24. The van der Waals surface area contributed by atoms with Crippen LogP contribution in [0.2, 0.25) is 0 Å². The van der Waals surface area contributed by atoms with E-state index in [1.165, 1.54) is 83.5 Å². The van der Waals surface area contributed by atoms with Gasteiger partial charge in [0.15, 0.2) is 58.9 Å². The van der Waals surface area contributed by atoms with Gasteiger partial charge >= 0.3 is 0 Å². The van der Waals surface area contributed by atoms with Gasteiger partial charge in [0.2, 0.25) is 57.0 Å². The molecule has 0 amide bonds. The molecular formula is C103H101N10O5+5. The Hall–Kier alpha value is -13.4. The summed E-state index contributed by atoms with van der Waals surface area (Å²) in [6.07, 6.45) is 18.9. The molecular weight excluding hydrogens is 1460 g/mol. The van der Waals surface area contributed by atoms with E-state index in [0.717, 1.165) is 121 Å². The largest absolute Gasteiger partial charge is 0.437 e. The van der Waals surface area contributed by atoms with Crippen molar-refractivity contribution in [2.24, 2.45) is 35.2 Å². The molecule has 0 bridgehead atoms. The van der Waals surface area contributed by atoms with Crippen LogP contribution in [0.25, 0.3) is 167 Å². The van der Waals surface area contributed by atoms with Crippen molar-refractivity contribution in [1.29, 1.82) is 0 Å². The highest BCUT2D eigenvalue weighted by Gasteiger charge is 2.29. The Kier molecular flexibility index (Phi) is 18.9.